The van der Waals surface area contributed by atoms with Crippen molar-refractivity contribution in [3.63, 3.8) is 0 Å². The van der Waals surface area contributed by atoms with Crippen molar-refractivity contribution in [2.45, 2.75) is 6.54 Å². The second kappa shape index (κ2) is 5.24. The fraction of sp³-hybridized carbons (Fsp3) is 0.0625. The summed E-state index contributed by atoms with van der Waals surface area (Å²) in [6.45, 7) is 0.659. The molecule has 0 aliphatic rings. The smallest absolute Gasteiger partial charge is 0.165 e. The summed E-state index contributed by atoms with van der Waals surface area (Å²) in [7, 11) is 0. The molecule has 94 valence electrons. The largest absolute Gasteiger partial charge is 0.378 e. The molecule has 0 radical (unpaired) electrons. The molecule has 19 heavy (non-hydrogen) atoms. The van der Waals surface area contributed by atoms with Gasteiger partial charge in [0.15, 0.2) is 5.76 Å². The van der Waals surface area contributed by atoms with Crippen LogP contribution in [0.5, 0.6) is 0 Å². The molecule has 3 rings (SSSR count). The van der Waals surface area contributed by atoms with Crippen LogP contribution in [0.1, 0.15) is 5.56 Å². The molecule has 1 heterocycles. The van der Waals surface area contributed by atoms with Gasteiger partial charge in [0.2, 0.25) is 0 Å². The summed E-state index contributed by atoms with van der Waals surface area (Å²) < 4.78 is 8.27. The maximum Gasteiger partial charge on any atom is 0.165 e. The van der Waals surface area contributed by atoms with E-state index in [4.69, 9.17) is 16.7 Å². The summed E-state index contributed by atoms with van der Waals surface area (Å²) in [6.07, 6.45) is 0. The monoisotopic (exact) mass is 267 g/mol. The Bertz CT molecular complexity index is 713. The maximum absolute atomic E-state index is 5.82. The van der Waals surface area contributed by atoms with Gasteiger partial charge in [0.1, 0.15) is 4.64 Å². The molecule has 0 atom stereocenters. The summed E-state index contributed by atoms with van der Waals surface area (Å²) in [5.41, 5.74) is 2.22. The first-order chi connectivity index (χ1) is 9.33. The zero-order valence-electron chi connectivity index (χ0n) is 10.3. The molecular weight excluding hydrogens is 254 g/mol. The first-order valence-electron chi connectivity index (χ1n) is 6.13. The van der Waals surface area contributed by atoms with E-state index in [-0.39, 0.29) is 0 Å². The Labute approximate surface area is 116 Å². The van der Waals surface area contributed by atoms with Gasteiger partial charge in [-0.3, -0.25) is 0 Å². The fourth-order valence-electron chi connectivity index (χ4n) is 1.97. The summed E-state index contributed by atoms with van der Waals surface area (Å²) in [6, 6.07) is 22.0. The molecule has 0 N–H and O–H groups in total. The second-order valence-electron chi connectivity index (χ2n) is 4.33. The molecule has 0 aliphatic heterocycles. The van der Waals surface area contributed by atoms with Gasteiger partial charge >= 0.3 is 0 Å². The fourth-order valence-corrected chi connectivity index (χ4v) is 2.18. The number of hydrogen-bond donors (Lipinski definition) is 0. The van der Waals surface area contributed by atoms with E-state index in [2.05, 4.69) is 12.1 Å². The lowest BCUT2D eigenvalue weighted by Gasteiger charge is -2.01. The minimum absolute atomic E-state index is 0.659. The van der Waals surface area contributed by atoms with Crippen molar-refractivity contribution in [3.8, 4) is 11.3 Å². The summed E-state index contributed by atoms with van der Waals surface area (Å²) in [5.74, 6) is 0.807. The van der Waals surface area contributed by atoms with Crippen molar-refractivity contribution in [2.24, 2.45) is 0 Å². The van der Waals surface area contributed by atoms with E-state index in [0.29, 0.717) is 11.2 Å². The molecule has 0 unspecified atom stereocenters. The molecule has 0 spiro atoms. The minimum Gasteiger partial charge on any atom is -0.378 e. The normalized spacial score (nSPS) is 10.5. The van der Waals surface area contributed by atoms with E-state index in [0.717, 1.165) is 11.3 Å². The van der Waals surface area contributed by atoms with Crippen LogP contribution in [-0.2, 0) is 6.54 Å². The predicted octanol–water partition coefficient (Wildman–Crippen LogP) is 4.53. The molecule has 0 amide bonds. The van der Waals surface area contributed by atoms with Crippen LogP contribution in [0.4, 0.5) is 0 Å². The molecular formula is C16H13NOS. The third-order valence-electron chi connectivity index (χ3n) is 2.94. The summed E-state index contributed by atoms with van der Waals surface area (Å²) in [4.78, 5) is 0. The van der Waals surface area contributed by atoms with Crippen LogP contribution in [0.15, 0.2) is 71.3 Å². The highest BCUT2D eigenvalue weighted by atomic mass is 32.1. The highest BCUT2D eigenvalue weighted by molar-refractivity contribution is 7.71. The van der Waals surface area contributed by atoms with Crippen LogP contribution in [0.2, 0.25) is 0 Å². The number of benzene rings is 2. The van der Waals surface area contributed by atoms with Crippen molar-refractivity contribution in [2.75, 3.05) is 0 Å². The SMILES string of the molecule is S=c1cc(-c2ccccc2)on1Cc1ccccc1. The van der Waals surface area contributed by atoms with Gasteiger partial charge in [-0.15, -0.1) is 0 Å². The zero-order chi connectivity index (χ0) is 13.1. The van der Waals surface area contributed by atoms with E-state index in [9.17, 15) is 0 Å². The Balaban J connectivity index is 1.93. The van der Waals surface area contributed by atoms with E-state index < -0.39 is 0 Å². The molecule has 3 heteroatoms. The number of hydrogen-bond acceptors (Lipinski definition) is 2. The summed E-state index contributed by atoms with van der Waals surface area (Å²) in [5, 5.41) is 0. The van der Waals surface area contributed by atoms with E-state index in [1.165, 1.54) is 5.56 Å². The molecule has 1 aromatic heterocycles. The van der Waals surface area contributed by atoms with Crippen molar-refractivity contribution >= 4 is 12.2 Å². The van der Waals surface area contributed by atoms with Gasteiger partial charge in [-0.2, -0.15) is 4.74 Å². The van der Waals surface area contributed by atoms with Gasteiger partial charge in [0.25, 0.3) is 0 Å². The van der Waals surface area contributed by atoms with E-state index >= 15 is 0 Å². The van der Waals surface area contributed by atoms with Crippen LogP contribution in [0.25, 0.3) is 11.3 Å². The van der Waals surface area contributed by atoms with Crippen molar-refractivity contribution in [3.05, 3.63) is 76.9 Å². The first kappa shape index (κ1) is 11.9. The number of nitrogens with zero attached hydrogens (tertiary/aromatic N) is 1. The average molecular weight is 267 g/mol. The highest BCUT2D eigenvalue weighted by Gasteiger charge is 2.06. The predicted molar refractivity (Wildman–Crippen MR) is 78.5 cm³/mol. The van der Waals surface area contributed by atoms with Crippen molar-refractivity contribution in [1.82, 2.24) is 4.74 Å². The Morgan fingerprint density at radius 2 is 1.53 bits per heavy atom. The number of rotatable bonds is 3. The van der Waals surface area contributed by atoms with E-state index in [1.807, 2.05) is 54.6 Å². The lowest BCUT2D eigenvalue weighted by molar-refractivity contribution is 0.291. The molecule has 2 aromatic carbocycles. The van der Waals surface area contributed by atoms with Gasteiger partial charge in [0.05, 0.1) is 6.54 Å². The Hall–Kier alpha value is -2.13. The minimum atomic E-state index is 0.659. The highest BCUT2D eigenvalue weighted by Crippen LogP contribution is 2.20. The Kier molecular flexibility index (Phi) is 3.29. The van der Waals surface area contributed by atoms with E-state index in [1.54, 1.807) is 4.74 Å². The van der Waals surface area contributed by atoms with Gasteiger partial charge in [-0.25, -0.2) is 0 Å². The van der Waals surface area contributed by atoms with Crippen LogP contribution in [-0.4, -0.2) is 4.74 Å². The Morgan fingerprint density at radius 3 is 2.21 bits per heavy atom. The topological polar surface area (TPSA) is 18.1 Å². The molecule has 2 nitrogen and oxygen atoms in total. The third-order valence-corrected chi connectivity index (χ3v) is 3.26. The average Bonchev–Trinajstić information content (AvgIpc) is 2.82. The maximum atomic E-state index is 5.82. The van der Waals surface area contributed by atoms with Crippen LogP contribution < -0.4 is 0 Å². The van der Waals surface area contributed by atoms with Gasteiger partial charge < -0.3 is 4.52 Å². The number of aromatic nitrogens is 1. The van der Waals surface area contributed by atoms with Gasteiger partial charge in [-0.05, 0) is 5.56 Å². The standard InChI is InChI=1S/C16H13NOS/c19-16-11-15(14-9-5-2-6-10-14)18-17(16)12-13-7-3-1-4-8-13/h1-11H,12H2. The lowest BCUT2D eigenvalue weighted by Crippen LogP contribution is -1.96. The molecule has 0 bridgehead atoms. The lowest BCUT2D eigenvalue weighted by atomic mass is 10.2. The van der Waals surface area contributed by atoms with Crippen molar-refractivity contribution < 1.29 is 4.52 Å². The first-order valence-corrected chi connectivity index (χ1v) is 6.54. The summed E-state index contributed by atoms with van der Waals surface area (Å²) >= 11 is 5.34. The van der Waals surface area contributed by atoms with Crippen molar-refractivity contribution in [1.29, 1.82) is 0 Å². The molecule has 0 saturated carbocycles. The molecule has 0 fully saturated rings. The zero-order valence-corrected chi connectivity index (χ0v) is 11.1. The van der Waals surface area contributed by atoms with Gasteiger partial charge in [-0.1, -0.05) is 72.9 Å². The van der Waals surface area contributed by atoms with Crippen LogP contribution >= 0.6 is 12.2 Å². The van der Waals surface area contributed by atoms with Crippen LogP contribution in [0, 0.1) is 4.64 Å². The molecule has 0 saturated heterocycles. The molecule has 3 aromatic rings. The van der Waals surface area contributed by atoms with Gasteiger partial charge in [0, 0.05) is 11.6 Å². The quantitative estimate of drug-likeness (QED) is 0.649. The third kappa shape index (κ3) is 2.66. The second-order valence-corrected chi connectivity index (χ2v) is 4.74. The molecule has 0 aliphatic carbocycles. The Morgan fingerprint density at radius 1 is 0.895 bits per heavy atom. The van der Waals surface area contributed by atoms with Crippen LogP contribution in [0.3, 0.4) is 0 Å².